The van der Waals surface area contributed by atoms with E-state index in [0.29, 0.717) is 12.2 Å². The predicted molar refractivity (Wildman–Crippen MR) is 82.2 cm³/mol. The van der Waals surface area contributed by atoms with Gasteiger partial charge in [-0.1, -0.05) is 26.2 Å². The molecule has 1 aliphatic carbocycles. The van der Waals surface area contributed by atoms with Gasteiger partial charge in [0.25, 0.3) is 0 Å². The maximum Gasteiger partial charge on any atom is 0.338 e. The number of amides is 1. The van der Waals surface area contributed by atoms with Crippen molar-refractivity contribution in [1.29, 1.82) is 0 Å². The number of hydrogen-bond acceptors (Lipinski definition) is 3. The van der Waals surface area contributed by atoms with Crippen molar-refractivity contribution in [2.75, 3.05) is 11.9 Å². The topological polar surface area (TPSA) is 55.4 Å². The average molecular weight is 289 g/mol. The van der Waals surface area contributed by atoms with Crippen LogP contribution >= 0.6 is 0 Å². The third-order valence-corrected chi connectivity index (χ3v) is 3.80. The highest BCUT2D eigenvalue weighted by atomic mass is 16.5. The molecule has 1 aromatic carbocycles. The van der Waals surface area contributed by atoms with E-state index in [2.05, 4.69) is 5.32 Å². The number of nitrogens with one attached hydrogen (secondary N) is 1. The largest absolute Gasteiger partial charge is 0.462 e. The van der Waals surface area contributed by atoms with Crippen molar-refractivity contribution < 1.29 is 14.3 Å². The second-order valence-electron chi connectivity index (χ2n) is 5.54. The Morgan fingerprint density at radius 1 is 1.14 bits per heavy atom. The Morgan fingerprint density at radius 2 is 1.81 bits per heavy atom. The van der Waals surface area contributed by atoms with Gasteiger partial charge in [-0.3, -0.25) is 4.79 Å². The molecule has 0 saturated heterocycles. The van der Waals surface area contributed by atoms with E-state index < -0.39 is 0 Å². The molecule has 21 heavy (non-hydrogen) atoms. The molecule has 4 heteroatoms. The third-order valence-electron chi connectivity index (χ3n) is 3.80. The average Bonchev–Trinajstić information content (AvgIpc) is 2.54. The minimum atomic E-state index is -0.318. The molecule has 1 saturated carbocycles. The minimum Gasteiger partial charge on any atom is -0.462 e. The number of anilines is 1. The van der Waals surface area contributed by atoms with Crippen LogP contribution in [0.4, 0.5) is 5.69 Å². The van der Waals surface area contributed by atoms with Gasteiger partial charge in [0, 0.05) is 11.6 Å². The van der Waals surface area contributed by atoms with Gasteiger partial charge in [-0.2, -0.15) is 0 Å². The lowest BCUT2D eigenvalue weighted by Gasteiger charge is -2.20. The summed E-state index contributed by atoms with van der Waals surface area (Å²) in [6.45, 7) is 2.39. The smallest absolute Gasteiger partial charge is 0.338 e. The Morgan fingerprint density at radius 3 is 2.43 bits per heavy atom. The number of carbonyl (C=O) groups is 2. The zero-order valence-corrected chi connectivity index (χ0v) is 12.6. The Bertz CT molecular complexity index is 475. The summed E-state index contributed by atoms with van der Waals surface area (Å²) in [6.07, 6.45) is 6.28. The van der Waals surface area contributed by atoms with Crippen molar-refractivity contribution in [2.24, 2.45) is 5.92 Å². The monoisotopic (exact) mass is 289 g/mol. The summed E-state index contributed by atoms with van der Waals surface area (Å²) in [5.41, 5.74) is 1.25. The van der Waals surface area contributed by atoms with Gasteiger partial charge in [0.05, 0.1) is 12.2 Å². The van der Waals surface area contributed by atoms with E-state index in [-0.39, 0.29) is 17.8 Å². The molecular formula is C17H23NO3. The fraction of sp³-hybridized carbons (Fsp3) is 0.529. The molecule has 0 atom stereocenters. The van der Waals surface area contributed by atoms with Crippen LogP contribution < -0.4 is 5.32 Å². The number of esters is 1. The number of carbonyl (C=O) groups excluding carboxylic acids is 2. The fourth-order valence-corrected chi connectivity index (χ4v) is 2.58. The van der Waals surface area contributed by atoms with E-state index in [1.165, 1.54) is 6.42 Å². The molecule has 1 aromatic rings. The molecule has 0 unspecified atom stereocenters. The van der Waals surface area contributed by atoms with Crippen LogP contribution in [0.15, 0.2) is 24.3 Å². The quantitative estimate of drug-likeness (QED) is 0.839. The predicted octanol–water partition coefficient (Wildman–Crippen LogP) is 3.77. The maximum atomic E-state index is 12.1. The first kappa shape index (κ1) is 15.5. The van der Waals surface area contributed by atoms with E-state index in [0.717, 1.165) is 37.8 Å². The lowest BCUT2D eigenvalue weighted by atomic mass is 9.88. The Balaban J connectivity index is 1.89. The highest BCUT2D eigenvalue weighted by Gasteiger charge is 2.21. The van der Waals surface area contributed by atoms with Gasteiger partial charge in [-0.25, -0.2) is 4.79 Å². The molecule has 0 aromatic heterocycles. The molecule has 2 rings (SSSR count). The highest BCUT2D eigenvalue weighted by molar-refractivity contribution is 5.94. The van der Waals surface area contributed by atoms with E-state index in [1.807, 2.05) is 6.92 Å². The lowest BCUT2D eigenvalue weighted by Crippen LogP contribution is -2.24. The molecule has 1 N–H and O–H groups in total. The van der Waals surface area contributed by atoms with E-state index in [9.17, 15) is 9.59 Å². The molecule has 0 bridgehead atoms. The lowest BCUT2D eigenvalue weighted by molar-refractivity contribution is -0.120. The first-order chi connectivity index (χ1) is 10.2. The van der Waals surface area contributed by atoms with E-state index in [4.69, 9.17) is 4.74 Å². The summed E-state index contributed by atoms with van der Waals surface area (Å²) in [5.74, 6) is -0.0917. The second-order valence-corrected chi connectivity index (χ2v) is 5.54. The van der Waals surface area contributed by atoms with Crippen molar-refractivity contribution in [2.45, 2.75) is 45.4 Å². The second kappa shape index (κ2) is 7.81. The SMILES string of the molecule is CCCOC(=O)c1ccc(NC(=O)C2CCCCC2)cc1. The molecule has 114 valence electrons. The zero-order chi connectivity index (χ0) is 15.1. The number of rotatable bonds is 5. The van der Waals surface area contributed by atoms with Crippen LogP contribution in [-0.2, 0) is 9.53 Å². The number of ether oxygens (including phenoxy) is 1. The Labute approximate surface area is 125 Å². The first-order valence-electron chi connectivity index (χ1n) is 7.78. The fourth-order valence-electron chi connectivity index (χ4n) is 2.58. The van der Waals surface area contributed by atoms with Gasteiger partial charge < -0.3 is 10.1 Å². The maximum absolute atomic E-state index is 12.1. The van der Waals surface area contributed by atoms with Crippen LogP contribution in [0.25, 0.3) is 0 Å². The molecule has 1 aliphatic rings. The van der Waals surface area contributed by atoms with Crippen molar-refractivity contribution >= 4 is 17.6 Å². The zero-order valence-electron chi connectivity index (χ0n) is 12.6. The summed E-state index contributed by atoms with van der Waals surface area (Å²) in [6, 6.07) is 6.88. The van der Waals surface area contributed by atoms with Gasteiger partial charge in [0.2, 0.25) is 5.91 Å². The minimum absolute atomic E-state index is 0.0935. The van der Waals surface area contributed by atoms with Gasteiger partial charge in [0.1, 0.15) is 0 Å². The summed E-state index contributed by atoms with van der Waals surface area (Å²) in [5, 5.41) is 2.93. The van der Waals surface area contributed by atoms with Gasteiger partial charge in [-0.05, 0) is 43.5 Å². The summed E-state index contributed by atoms with van der Waals surface area (Å²) >= 11 is 0. The third kappa shape index (κ3) is 4.59. The summed E-state index contributed by atoms with van der Waals surface area (Å²) in [4.78, 5) is 23.8. The van der Waals surface area contributed by atoms with Crippen LogP contribution in [0.5, 0.6) is 0 Å². The van der Waals surface area contributed by atoms with Crippen molar-refractivity contribution in [3.05, 3.63) is 29.8 Å². The van der Waals surface area contributed by atoms with Crippen molar-refractivity contribution in [1.82, 2.24) is 0 Å². The summed E-state index contributed by atoms with van der Waals surface area (Å²) < 4.78 is 5.07. The molecule has 4 nitrogen and oxygen atoms in total. The molecule has 1 fully saturated rings. The van der Waals surface area contributed by atoms with Crippen LogP contribution in [0.1, 0.15) is 55.8 Å². The van der Waals surface area contributed by atoms with Gasteiger partial charge in [0.15, 0.2) is 0 Å². The van der Waals surface area contributed by atoms with E-state index >= 15 is 0 Å². The van der Waals surface area contributed by atoms with Crippen LogP contribution in [0.3, 0.4) is 0 Å². The Hall–Kier alpha value is -1.84. The van der Waals surface area contributed by atoms with Gasteiger partial charge in [-0.15, -0.1) is 0 Å². The highest BCUT2D eigenvalue weighted by Crippen LogP contribution is 2.25. The first-order valence-corrected chi connectivity index (χ1v) is 7.78. The number of hydrogen-bond donors (Lipinski definition) is 1. The molecule has 0 aliphatic heterocycles. The summed E-state index contributed by atoms with van der Waals surface area (Å²) in [7, 11) is 0. The van der Waals surface area contributed by atoms with Crippen LogP contribution in [0, 0.1) is 5.92 Å². The van der Waals surface area contributed by atoms with Crippen LogP contribution in [0.2, 0.25) is 0 Å². The van der Waals surface area contributed by atoms with Gasteiger partial charge >= 0.3 is 5.97 Å². The normalized spacial score (nSPS) is 15.5. The van der Waals surface area contributed by atoms with E-state index in [1.54, 1.807) is 24.3 Å². The standard InChI is InChI=1S/C17H23NO3/c1-2-12-21-17(20)14-8-10-15(11-9-14)18-16(19)13-6-4-3-5-7-13/h8-11,13H,2-7,12H2,1H3,(H,18,19). The molecule has 0 radical (unpaired) electrons. The Kier molecular flexibility index (Phi) is 5.78. The molecule has 0 spiro atoms. The number of benzene rings is 1. The van der Waals surface area contributed by atoms with Crippen LogP contribution in [-0.4, -0.2) is 18.5 Å². The molecular weight excluding hydrogens is 266 g/mol. The molecule has 0 heterocycles. The van der Waals surface area contributed by atoms with Crippen molar-refractivity contribution in [3.8, 4) is 0 Å². The molecule has 1 amide bonds. The van der Waals surface area contributed by atoms with Crippen molar-refractivity contribution in [3.63, 3.8) is 0 Å².